The van der Waals surface area contributed by atoms with Gasteiger partial charge in [0.1, 0.15) is 0 Å². The normalized spacial score (nSPS) is 16.6. The molecule has 0 saturated carbocycles. The van der Waals surface area contributed by atoms with Gasteiger partial charge in [0.25, 0.3) is 5.91 Å². The van der Waals surface area contributed by atoms with Crippen molar-refractivity contribution < 1.29 is 18.0 Å². The molecule has 7 nitrogen and oxygen atoms in total. The van der Waals surface area contributed by atoms with E-state index in [4.69, 9.17) is 5.73 Å². The van der Waals surface area contributed by atoms with Crippen molar-refractivity contribution in [3.63, 3.8) is 0 Å². The van der Waals surface area contributed by atoms with Crippen LogP contribution in [0.3, 0.4) is 0 Å². The summed E-state index contributed by atoms with van der Waals surface area (Å²) < 4.78 is 25.1. The molecule has 1 saturated heterocycles. The van der Waals surface area contributed by atoms with E-state index in [1.807, 2.05) is 0 Å². The first-order valence-corrected chi connectivity index (χ1v) is 8.78. The molecular formula is C15H21N3O4S. The molecule has 0 radical (unpaired) electrons. The van der Waals surface area contributed by atoms with Gasteiger partial charge in [-0.05, 0) is 37.1 Å². The van der Waals surface area contributed by atoms with Crippen molar-refractivity contribution in [2.45, 2.75) is 17.7 Å². The molecule has 2 N–H and O–H groups in total. The maximum Gasteiger partial charge on any atom is 0.253 e. The smallest absolute Gasteiger partial charge is 0.253 e. The van der Waals surface area contributed by atoms with Crippen molar-refractivity contribution in [2.75, 3.05) is 27.2 Å². The largest absolute Gasteiger partial charge is 0.369 e. The molecule has 0 unspecified atom stereocenters. The van der Waals surface area contributed by atoms with Crippen LogP contribution in [-0.2, 0) is 14.8 Å². The molecule has 1 aromatic rings. The topological polar surface area (TPSA) is 101 Å². The highest BCUT2D eigenvalue weighted by Crippen LogP contribution is 2.20. The van der Waals surface area contributed by atoms with E-state index in [-0.39, 0.29) is 22.6 Å². The van der Waals surface area contributed by atoms with Gasteiger partial charge in [0.15, 0.2) is 0 Å². The van der Waals surface area contributed by atoms with Crippen molar-refractivity contribution in [2.24, 2.45) is 11.7 Å². The number of nitrogens with two attached hydrogens (primary N) is 1. The second kappa shape index (κ2) is 6.67. The fourth-order valence-corrected chi connectivity index (χ4v) is 3.43. The highest BCUT2D eigenvalue weighted by atomic mass is 32.2. The molecule has 1 aliphatic rings. The first kappa shape index (κ1) is 17.4. The Morgan fingerprint density at radius 2 is 1.65 bits per heavy atom. The van der Waals surface area contributed by atoms with E-state index in [0.29, 0.717) is 31.5 Å². The van der Waals surface area contributed by atoms with Gasteiger partial charge in [-0.15, -0.1) is 0 Å². The number of carbonyl (C=O) groups is 2. The van der Waals surface area contributed by atoms with Crippen molar-refractivity contribution >= 4 is 21.8 Å². The molecule has 1 aromatic carbocycles. The number of sulfonamides is 1. The molecule has 0 aliphatic carbocycles. The molecule has 23 heavy (non-hydrogen) atoms. The summed E-state index contributed by atoms with van der Waals surface area (Å²) in [5, 5.41) is 0. The number of nitrogens with zero attached hydrogens (tertiary/aromatic N) is 2. The summed E-state index contributed by atoms with van der Waals surface area (Å²) in [5.41, 5.74) is 5.71. The minimum absolute atomic E-state index is 0.145. The van der Waals surface area contributed by atoms with Gasteiger partial charge in [-0.1, -0.05) is 0 Å². The van der Waals surface area contributed by atoms with Crippen LogP contribution < -0.4 is 5.73 Å². The third-order valence-electron chi connectivity index (χ3n) is 4.06. The fraction of sp³-hybridized carbons (Fsp3) is 0.467. The SMILES string of the molecule is CN(C)S(=O)(=O)c1ccc(C(=O)N2CCC(C(N)=O)CC2)cc1. The van der Waals surface area contributed by atoms with Crippen LogP contribution in [0.1, 0.15) is 23.2 Å². The Hall–Kier alpha value is -1.93. The lowest BCUT2D eigenvalue weighted by atomic mass is 9.96. The molecule has 0 atom stereocenters. The number of benzene rings is 1. The molecule has 126 valence electrons. The van der Waals surface area contributed by atoms with Crippen LogP contribution in [0.15, 0.2) is 29.2 Å². The number of hydrogen-bond acceptors (Lipinski definition) is 4. The summed E-state index contributed by atoms with van der Waals surface area (Å²) in [6, 6.07) is 5.88. The molecular weight excluding hydrogens is 318 g/mol. The average Bonchev–Trinajstić information content (AvgIpc) is 2.54. The first-order chi connectivity index (χ1) is 10.7. The fourth-order valence-electron chi connectivity index (χ4n) is 2.53. The zero-order valence-electron chi connectivity index (χ0n) is 13.2. The lowest BCUT2D eigenvalue weighted by Crippen LogP contribution is -2.41. The second-order valence-electron chi connectivity index (χ2n) is 5.78. The Labute approximate surface area is 136 Å². The van der Waals surface area contributed by atoms with Crippen LogP contribution in [0.4, 0.5) is 0 Å². The van der Waals surface area contributed by atoms with E-state index in [1.165, 1.54) is 38.4 Å². The Balaban J connectivity index is 2.09. The van der Waals surface area contributed by atoms with E-state index in [0.717, 1.165) is 4.31 Å². The third-order valence-corrected chi connectivity index (χ3v) is 5.89. The van der Waals surface area contributed by atoms with E-state index in [1.54, 1.807) is 4.90 Å². The van der Waals surface area contributed by atoms with Crippen molar-refractivity contribution in [3.05, 3.63) is 29.8 Å². The predicted octanol–water partition coefficient (Wildman–Crippen LogP) is 0.274. The Morgan fingerprint density at radius 3 is 2.09 bits per heavy atom. The number of rotatable bonds is 4. The number of amides is 2. The van der Waals surface area contributed by atoms with E-state index >= 15 is 0 Å². The molecule has 2 amide bonds. The van der Waals surface area contributed by atoms with Crippen molar-refractivity contribution in [1.29, 1.82) is 0 Å². The summed E-state index contributed by atoms with van der Waals surface area (Å²) in [7, 11) is -0.593. The van der Waals surface area contributed by atoms with Crippen molar-refractivity contribution in [1.82, 2.24) is 9.21 Å². The van der Waals surface area contributed by atoms with Crippen LogP contribution in [0, 0.1) is 5.92 Å². The zero-order valence-corrected chi connectivity index (χ0v) is 14.0. The molecule has 2 rings (SSSR count). The standard InChI is InChI=1S/C15H21N3O4S/c1-17(2)23(21,22)13-5-3-12(4-6-13)15(20)18-9-7-11(8-10-18)14(16)19/h3-6,11H,7-10H2,1-2H3,(H2,16,19). The molecule has 1 heterocycles. The van der Waals surface area contributed by atoms with Gasteiger partial charge in [-0.25, -0.2) is 12.7 Å². The van der Waals surface area contributed by atoms with Gasteiger partial charge >= 0.3 is 0 Å². The minimum atomic E-state index is -3.50. The van der Waals surface area contributed by atoms with Gasteiger partial charge < -0.3 is 10.6 Å². The number of carbonyl (C=O) groups excluding carboxylic acids is 2. The van der Waals surface area contributed by atoms with Crippen LogP contribution >= 0.6 is 0 Å². The van der Waals surface area contributed by atoms with E-state index < -0.39 is 10.0 Å². The van der Waals surface area contributed by atoms with E-state index in [2.05, 4.69) is 0 Å². The number of piperidine rings is 1. The monoisotopic (exact) mass is 339 g/mol. The van der Waals surface area contributed by atoms with Crippen molar-refractivity contribution in [3.8, 4) is 0 Å². The third kappa shape index (κ3) is 3.70. The predicted molar refractivity (Wildman–Crippen MR) is 85.1 cm³/mol. The van der Waals surface area contributed by atoms with Gasteiger partial charge in [0.2, 0.25) is 15.9 Å². The second-order valence-corrected chi connectivity index (χ2v) is 7.93. The van der Waals surface area contributed by atoms with Crippen LogP contribution in [0.2, 0.25) is 0 Å². The zero-order chi connectivity index (χ0) is 17.2. The summed E-state index contributed by atoms with van der Waals surface area (Å²) in [5.74, 6) is -0.663. The Kier molecular flexibility index (Phi) is 5.06. The summed E-state index contributed by atoms with van der Waals surface area (Å²) in [6.07, 6.45) is 1.13. The Morgan fingerprint density at radius 1 is 1.13 bits per heavy atom. The van der Waals surface area contributed by atoms with Gasteiger partial charge in [-0.3, -0.25) is 9.59 Å². The number of likely N-dealkylation sites (tertiary alicyclic amines) is 1. The summed E-state index contributed by atoms with van der Waals surface area (Å²) in [4.78, 5) is 25.4. The Bertz CT molecular complexity index is 690. The lowest BCUT2D eigenvalue weighted by molar-refractivity contribution is -0.123. The number of primary amides is 1. The number of hydrogen-bond donors (Lipinski definition) is 1. The average molecular weight is 339 g/mol. The van der Waals surface area contributed by atoms with Crippen LogP contribution in [-0.4, -0.2) is 56.6 Å². The first-order valence-electron chi connectivity index (χ1n) is 7.34. The highest BCUT2D eigenvalue weighted by Gasteiger charge is 2.26. The quantitative estimate of drug-likeness (QED) is 0.851. The maximum absolute atomic E-state index is 12.4. The molecule has 1 aliphatic heterocycles. The molecule has 1 fully saturated rings. The molecule has 0 spiro atoms. The lowest BCUT2D eigenvalue weighted by Gasteiger charge is -2.30. The molecule has 0 aromatic heterocycles. The summed E-state index contributed by atoms with van der Waals surface area (Å²) >= 11 is 0. The van der Waals surface area contributed by atoms with Gasteiger partial charge in [-0.2, -0.15) is 0 Å². The molecule has 8 heteroatoms. The summed E-state index contributed by atoms with van der Waals surface area (Å²) in [6.45, 7) is 0.953. The minimum Gasteiger partial charge on any atom is -0.369 e. The van der Waals surface area contributed by atoms with Gasteiger partial charge in [0, 0.05) is 38.7 Å². The molecule has 0 bridgehead atoms. The maximum atomic E-state index is 12.4. The highest BCUT2D eigenvalue weighted by molar-refractivity contribution is 7.89. The van der Waals surface area contributed by atoms with Crippen LogP contribution in [0.25, 0.3) is 0 Å². The van der Waals surface area contributed by atoms with E-state index in [9.17, 15) is 18.0 Å². The van der Waals surface area contributed by atoms with Crippen LogP contribution in [0.5, 0.6) is 0 Å². The van der Waals surface area contributed by atoms with Gasteiger partial charge in [0.05, 0.1) is 4.90 Å².